The van der Waals surface area contributed by atoms with E-state index in [1.54, 1.807) is 13.1 Å². The van der Waals surface area contributed by atoms with Crippen molar-refractivity contribution in [1.29, 1.82) is 0 Å². The van der Waals surface area contributed by atoms with Crippen LogP contribution in [0.2, 0.25) is 0 Å². The van der Waals surface area contributed by atoms with Crippen molar-refractivity contribution in [2.75, 3.05) is 19.0 Å². The number of aryl methyl sites for hydroxylation is 1. The zero-order chi connectivity index (χ0) is 18.0. The molecule has 7 nitrogen and oxygen atoms in total. The summed E-state index contributed by atoms with van der Waals surface area (Å²) in [5, 5.41) is 6.80. The minimum Gasteiger partial charge on any atom is -0.492 e. The van der Waals surface area contributed by atoms with Gasteiger partial charge < -0.3 is 24.2 Å². The average molecular weight is 345 g/mol. The smallest absolute Gasteiger partial charge is 0.322 e. The van der Waals surface area contributed by atoms with Gasteiger partial charge in [0.2, 0.25) is 0 Å². The van der Waals surface area contributed by atoms with E-state index < -0.39 is 0 Å². The van der Waals surface area contributed by atoms with Crippen LogP contribution in [0.5, 0.6) is 11.5 Å². The van der Waals surface area contributed by atoms with E-state index in [4.69, 9.17) is 14.0 Å². The van der Waals surface area contributed by atoms with Gasteiger partial charge in [-0.3, -0.25) is 0 Å². The van der Waals surface area contributed by atoms with E-state index >= 15 is 0 Å². The van der Waals surface area contributed by atoms with Gasteiger partial charge >= 0.3 is 6.03 Å². The van der Waals surface area contributed by atoms with E-state index in [0.717, 1.165) is 17.7 Å². The molecule has 1 aromatic carbocycles. The van der Waals surface area contributed by atoms with E-state index in [0.29, 0.717) is 36.0 Å². The van der Waals surface area contributed by atoms with Crippen molar-refractivity contribution in [3.8, 4) is 11.5 Å². The number of fused-ring (bicyclic) bond motifs is 1. The summed E-state index contributed by atoms with van der Waals surface area (Å²) in [6, 6.07) is 5.32. The van der Waals surface area contributed by atoms with Crippen molar-refractivity contribution in [2.45, 2.75) is 39.8 Å². The zero-order valence-corrected chi connectivity index (χ0v) is 15.0. The second kappa shape index (κ2) is 7.04. The number of carbonyl (C=O) groups excluding carboxylic acids is 1. The van der Waals surface area contributed by atoms with Crippen LogP contribution in [0.15, 0.2) is 22.7 Å². The van der Waals surface area contributed by atoms with Crippen LogP contribution in [-0.2, 0) is 13.0 Å². The van der Waals surface area contributed by atoms with Gasteiger partial charge in [-0.15, -0.1) is 0 Å². The first kappa shape index (κ1) is 17.1. The standard InChI is InChI=1S/C18H23N3O4/c1-5-23-17-8-13-6-11(2)24-16(13)9-15(17)19-18(22)21(4)10-14-7-12(3)25-20-14/h7-9,11H,5-6,10H2,1-4H3,(H,19,22). The molecule has 0 saturated carbocycles. The summed E-state index contributed by atoms with van der Waals surface area (Å²) >= 11 is 0. The van der Waals surface area contributed by atoms with Crippen LogP contribution in [-0.4, -0.2) is 35.8 Å². The van der Waals surface area contributed by atoms with Gasteiger partial charge in [0.05, 0.1) is 18.8 Å². The Kier molecular flexibility index (Phi) is 4.83. The summed E-state index contributed by atoms with van der Waals surface area (Å²) in [5.41, 5.74) is 2.40. The lowest BCUT2D eigenvalue weighted by molar-refractivity contribution is 0.219. The fraction of sp³-hybridized carbons (Fsp3) is 0.444. The highest BCUT2D eigenvalue weighted by Gasteiger charge is 2.23. The SMILES string of the molecule is CCOc1cc2c(cc1NC(=O)N(C)Cc1cc(C)on1)OC(C)C2. The summed E-state index contributed by atoms with van der Waals surface area (Å²) in [4.78, 5) is 14.0. The number of rotatable bonds is 5. The number of hydrogen-bond donors (Lipinski definition) is 1. The van der Waals surface area contributed by atoms with Crippen molar-refractivity contribution in [2.24, 2.45) is 0 Å². The van der Waals surface area contributed by atoms with E-state index in [1.165, 1.54) is 4.90 Å². The average Bonchev–Trinajstić information content (AvgIpc) is 3.12. The fourth-order valence-electron chi connectivity index (χ4n) is 2.83. The lowest BCUT2D eigenvalue weighted by atomic mass is 10.1. The number of urea groups is 1. The number of nitrogens with zero attached hydrogens (tertiary/aromatic N) is 2. The third-order valence-electron chi connectivity index (χ3n) is 3.96. The number of hydrogen-bond acceptors (Lipinski definition) is 5. The Morgan fingerprint density at radius 2 is 2.24 bits per heavy atom. The first-order valence-corrected chi connectivity index (χ1v) is 8.37. The Hall–Kier alpha value is -2.70. The monoisotopic (exact) mass is 345 g/mol. The van der Waals surface area contributed by atoms with E-state index in [9.17, 15) is 4.79 Å². The molecule has 3 rings (SSSR count). The maximum atomic E-state index is 12.5. The number of carbonyl (C=O) groups is 1. The molecule has 134 valence electrons. The summed E-state index contributed by atoms with van der Waals surface area (Å²) in [7, 11) is 1.70. The largest absolute Gasteiger partial charge is 0.492 e. The second-order valence-corrected chi connectivity index (χ2v) is 6.24. The van der Waals surface area contributed by atoms with Crippen LogP contribution >= 0.6 is 0 Å². The Morgan fingerprint density at radius 3 is 2.92 bits per heavy atom. The van der Waals surface area contributed by atoms with Gasteiger partial charge in [-0.1, -0.05) is 5.16 Å². The van der Waals surface area contributed by atoms with Crippen LogP contribution in [0.25, 0.3) is 0 Å². The highest BCUT2D eigenvalue weighted by molar-refractivity contribution is 5.91. The maximum absolute atomic E-state index is 12.5. The number of ether oxygens (including phenoxy) is 2. The molecule has 2 heterocycles. The molecule has 0 saturated heterocycles. The predicted octanol–water partition coefficient (Wildman–Crippen LogP) is 3.37. The van der Waals surface area contributed by atoms with Gasteiger partial charge in [0.15, 0.2) is 0 Å². The molecule has 1 atom stereocenters. The first-order valence-electron chi connectivity index (χ1n) is 8.37. The molecule has 0 spiro atoms. The van der Waals surface area contributed by atoms with Gasteiger partial charge in [0.1, 0.15) is 29.1 Å². The van der Waals surface area contributed by atoms with Gasteiger partial charge in [-0.25, -0.2) is 4.79 Å². The molecule has 0 bridgehead atoms. The van der Waals surface area contributed by atoms with Gasteiger partial charge in [0, 0.05) is 31.2 Å². The minimum atomic E-state index is -0.257. The third-order valence-corrected chi connectivity index (χ3v) is 3.96. The van der Waals surface area contributed by atoms with Crippen molar-refractivity contribution in [3.05, 3.63) is 35.2 Å². The second-order valence-electron chi connectivity index (χ2n) is 6.24. The molecule has 2 amide bonds. The Balaban J connectivity index is 1.74. The van der Waals surface area contributed by atoms with Gasteiger partial charge in [0.25, 0.3) is 0 Å². The topological polar surface area (TPSA) is 76.8 Å². The molecule has 1 aliphatic rings. The molecule has 0 fully saturated rings. The number of anilines is 1. The molecule has 25 heavy (non-hydrogen) atoms. The Bertz CT molecular complexity index is 772. The molecule has 0 aliphatic carbocycles. The van der Waals surface area contributed by atoms with Crippen LogP contribution in [0, 0.1) is 6.92 Å². The maximum Gasteiger partial charge on any atom is 0.322 e. The van der Waals surface area contributed by atoms with Crippen molar-refractivity contribution in [3.63, 3.8) is 0 Å². The molecule has 7 heteroatoms. The number of benzene rings is 1. The normalized spacial score (nSPS) is 15.4. The van der Waals surface area contributed by atoms with Crippen molar-refractivity contribution >= 4 is 11.7 Å². The Labute approximate surface area is 146 Å². The fourth-order valence-corrected chi connectivity index (χ4v) is 2.83. The van der Waals surface area contributed by atoms with Gasteiger partial charge in [-0.05, 0) is 26.8 Å². The molecule has 1 aromatic heterocycles. The van der Waals surface area contributed by atoms with E-state index in [1.807, 2.05) is 32.9 Å². The van der Waals surface area contributed by atoms with E-state index in [2.05, 4.69) is 10.5 Å². The van der Waals surface area contributed by atoms with Crippen molar-refractivity contribution < 1.29 is 18.8 Å². The quantitative estimate of drug-likeness (QED) is 0.899. The van der Waals surface area contributed by atoms with E-state index in [-0.39, 0.29) is 12.1 Å². The molecule has 1 aliphatic heterocycles. The molecule has 0 radical (unpaired) electrons. The van der Waals surface area contributed by atoms with Crippen LogP contribution in [0.4, 0.5) is 10.5 Å². The van der Waals surface area contributed by atoms with Crippen molar-refractivity contribution in [1.82, 2.24) is 10.1 Å². The van der Waals surface area contributed by atoms with Crippen LogP contribution in [0.1, 0.15) is 30.9 Å². The first-order chi connectivity index (χ1) is 12.0. The zero-order valence-electron chi connectivity index (χ0n) is 15.0. The van der Waals surface area contributed by atoms with Crippen LogP contribution < -0.4 is 14.8 Å². The molecule has 1 N–H and O–H groups in total. The van der Waals surface area contributed by atoms with Gasteiger partial charge in [-0.2, -0.15) is 0 Å². The molecule has 1 unspecified atom stereocenters. The third kappa shape index (κ3) is 3.87. The summed E-state index contributed by atoms with van der Waals surface area (Å²) < 4.78 is 16.5. The van der Waals surface area contributed by atoms with Crippen LogP contribution in [0.3, 0.4) is 0 Å². The summed E-state index contributed by atoms with van der Waals surface area (Å²) in [6.45, 7) is 6.62. The highest BCUT2D eigenvalue weighted by atomic mass is 16.5. The number of nitrogens with one attached hydrogen (secondary N) is 1. The molecule has 2 aromatic rings. The molecular weight excluding hydrogens is 322 g/mol. The lowest BCUT2D eigenvalue weighted by Gasteiger charge is -2.19. The summed E-state index contributed by atoms with van der Waals surface area (Å²) in [5.74, 6) is 2.16. The number of amides is 2. The lowest BCUT2D eigenvalue weighted by Crippen LogP contribution is -2.31. The molecular formula is C18H23N3O4. The Morgan fingerprint density at radius 1 is 1.44 bits per heavy atom. The summed E-state index contributed by atoms with van der Waals surface area (Å²) in [6.07, 6.45) is 0.975. The minimum absolute atomic E-state index is 0.133. The predicted molar refractivity (Wildman–Crippen MR) is 93.1 cm³/mol. The highest BCUT2D eigenvalue weighted by Crippen LogP contribution is 2.38. The number of aromatic nitrogens is 1.